The molecular formula is C104H73BN6O2. The van der Waals surface area contributed by atoms with Crippen molar-refractivity contribution in [3.8, 4) is 33.9 Å². The Morgan fingerprint density at radius 1 is 0.257 bits per heavy atom. The maximum Gasteiger partial charge on any atom is 0.252 e. The monoisotopic (exact) mass is 1480 g/mol. The van der Waals surface area contributed by atoms with E-state index < -0.39 is 211 Å². The first-order valence-corrected chi connectivity index (χ1v) is 36.8. The Kier molecular flexibility index (Phi) is 8.26. The second kappa shape index (κ2) is 23.3. The van der Waals surface area contributed by atoms with Crippen LogP contribution in [-0.2, 0) is 10.8 Å². The van der Waals surface area contributed by atoms with Crippen LogP contribution in [0.3, 0.4) is 0 Å². The predicted octanol–water partition coefficient (Wildman–Crippen LogP) is 26.2. The lowest BCUT2D eigenvalue weighted by Gasteiger charge is -2.44. The van der Waals surface area contributed by atoms with Crippen LogP contribution < -0.4 is 26.2 Å². The Morgan fingerprint density at radius 3 is 0.841 bits per heavy atom. The molecule has 6 aromatic heterocycles. The summed E-state index contributed by atoms with van der Waals surface area (Å²) >= 11 is 0. The van der Waals surface area contributed by atoms with E-state index >= 15 is 0 Å². The van der Waals surface area contributed by atoms with Gasteiger partial charge in [-0.2, -0.15) is 0 Å². The van der Waals surface area contributed by atoms with E-state index in [9.17, 15) is 27.4 Å². The smallest absolute Gasteiger partial charge is 0.252 e. The topological polar surface area (TPSA) is 52.5 Å². The summed E-state index contributed by atoms with van der Waals surface area (Å²) in [5, 5.41) is -0.155. The Morgan fingerprint density at radius 2 is 0.531 bits per heavy atom. The number of furan rings is 2. The molecule has 0 spiro atoms. The molecular weight excluding hydrogens is 1380 g/mol. The van der Waals surface area contributed by atoms with Crippen LogP contribution in [0.1, 0.15) is 96.5 Å². The number of hydrogen-bond donors (Lipinski definition) is 0. The van der Waals surface area contributed by atoms with Gasteiger partial charge in [0.1, 0.15) is 0 Å². The average molecular weight is 1480 g/mol. The number of aromatic nitrogens is 4. The van der Waals surface area contributed by atoms with Crippen molar-refractivity contribution in [2.45, 2.75) is 52.4 Å². The number of fused-ring (bicyclic) bond motifs is 22. The number of rotatable bonds is 7. The van der Waals surface area contributed by atoms with Crippen molar-refractivity contribution in [2.24, 2.45) is 0 Å². The summed E-state index contributed by atoms with van der Waals surface area (Å²) in [4.78, 5) is 3.87. The Bertz CT molecular complexity index is 9090. The van der Waals surface area contributed by atoms with Gasteiger partial charge in [-0.1, -0.05) is 265 Å². The fourth-order valence-electron chi connectivity index (χ4n) is 17.6. The summed E-state index contributed by atoms with van der Waals surface area (Å²) in [5.74, 6) is 0. The third kappa shape index (κ3) is 9.04. The highest BCUT2D eigenvalue weighted by Gasteiger charge is 2.46. The van der Waals surface area contributed by atoms with Crippen LogP contribution in [0.2, 0.25) is 0 Å². The van der Waals surface area contributed by atoms with Gasteiger partial charge in [0.25, 0.3) is 6.71 Å². The van der Waals surface area contributed by atoms with Gasteiger partial charge in [-0.3, -0.25) is 0 Å². The van der Waals surface area contributed by atoms with Gasteiger partial charge in [0.2, 0.25) is 0 Å². The maximum atomic E-state index is 9.93. The molecule has 534 valence electrons. The zero-order valence-electron chi connectivity index (χ0n) is 92.9. The summed E-state index contributed by atoms with van der Waals surface area (Å²) in [6.45, 7) is 11.4. The van der Waals surface area contributed by atoms with Gasteiger partial charge in [-0.25, -0.2) is 0 Å². The Balaban J connectivity index is 0.889. The van der Waals surface area contributed by atoms with E-state index in [-0.39, 0.29) is 155 Å². The fourth-order valence-corrected chi connectivity index (χ4v) is 17.6. The molecule has 16 aromatic carbocycles. The van der Waals surface area contributed by atoms with Gasteiger partial charge in [-0.05, 0) is 158 Å². The third-order valence-electron chi connectivity index (χ3n) is 22.6. The van der Waals surface area contributed by atoms with E-state index in [4.69, 9.17) is 25.3 Å². The van der Waals surface area contributed by atoms with Gasteiger partial charge >= 0.3 is 0 Å². The van der Waals surface area contributed by atoms with Gasteiger partial charge in [0.15, 0.2) is 22.3 Å². The highest BCUT2D eigenvalue weighted by molar-refractivity contribution is 7.00. The molecule has 0 saturated carbocycles. The molecule has 0 bridgehead atoms. The van der Waals surface area contributed by atoms with Crippen LogP contribution in [0.25, 0.3) is 165 Å². The normalized spacial score (nSPS) is 17.1. The molecule has 22 aromatic rings. The molecule has 9 heteroatoms. The molecule has 0 aliphatic carbocycles. The van der Waals surface area contributed by atoms with Crippen LogP contribution >= 0.6 is 0 Å². The van der Waals surface area contributed by atoms with Crippen molar-refractivity contribution in [2.75, 3.05) is 9.80 Å². The quantitative estimate of drug-likeness (QED) is 0.149. The van der Waals surface area contributed by atoms with Gasteiger partial charge in [0.05, 0.1) is 111 Å². The lowest BCUT2D eigenvalue weighted by atomic mass is 9.33. The second-order valence-electron chi connectivity index (χ2n) is 30.8. The minimum Gasteiger partial charge on any atom is -0.452 e. The molecule has 0 radical (unpaired) electrons. The minimum absolute atomic E-state index is 0.0461. The van der Waals surface area contributed by atoms with Gasteiger partial charge in [0, 0.05) is 98.8 Å². The van der Waals surface area contributed by atoms with Crippen LogP contribution in [0.15, 0.2) is 342 Å². The molecule has 0 N–H and O–H groups in total. The van der Waals surface area contributed by atoms with E-state index in [0.29, 0.717) is 60.4 Å². The van der Waals surface area contributed by atoms with Crippen molar-refractivity contribution < 1.29 is 52.7 Å². The lowest BCUT2D eigenvalue weighted by molar-refractivity contribution is 0.569. The molecule has 0 saturated heterocycles. The van der Waals surface area contributed by atoms with E-state index in [2.05, 4.69) is 59.7 Å². The molecule has 8 nitrogen and oxygen atoms in total. The highest BCUT2D eigenvalue weighted by atomic mass is 16.3. The maximum absolute atomic E-state index is 9.93. The van der Waals surface area contributed by atoms with Crippen LogP contribution in [0.4, 0.5) is 34.1 Å². The highest BCUT2D eigenvalue weighted by Crippen LogP contribution is 2.53. The summed E-state index contributed by atoms with van der Waals surface area (Å²) < 4.78 is 322. The summed E-state index contributed by atoms with van der Waals surface area (Å²) in [6.07, 6.45) is 0. The zero-order valence-corrected chi connectivity index (χ0v) is 60.9. The third-order valence-corrected chi connectivity index (χ3v) is 22.6. The largest absolute Gasteiger partial charge is 0.452 e. The summed E-state index contributed by atoms with van der Waals surface area (Å²) in [6, 6.07) is 21.1. The van der Waals surface area contributed by atoms with Gasteiger partial charge in [-0.15, -0.1) is 0 Å². The Labute approximate surface area is 697 Å². The first-order chi connectivity index (χ1) is 68.6. The zero-order chi connectivity index (χ0) is 103. The number of benzene rings is 16. The SMILES string of the molecule is [2H]c1c([2H])c([2H])c2c(c1[2H])c1c([2H])c([2H])c([2H])c([2H])c1n2-c1ccc2c(c1)N(c1cccc3c1oc1c(-n4c5c([2H])c([2H])c([2H])c([2H])c5c5c([2H])c([2H])c([2H])c([2H])c54)cccc13)c1cc(-c3cc(C(C)(C)C)cc(C(C)(C)C)c3)cc3c1B2c1ccc(-n2c4c([2H])c([2H])c([2H])c([2H])c4c4c([2H])c([2H])c([2H])c([2H])c42)cc1N3c1cccc2c1oc1c(-n3c4c([2H])c([2H])c([2H])c([2H])c4c4c([2H])c([2H])c([2H])c([2H])c43)cccc12. The fraction of sp³-hybridized carbons (Fsp3) is 0.0769. The van der Waals surface area contributed by atoms with E-state index in [1.807, 2.05) is 21.9 Å². The lowest BCUT2D eigenvalue weighted by Crippen LogP contribution is -2.61. The molecule has 0 amide bonds. The second-order valence-corrected chi connectivity index (χ2v) is 30.8. The van der Waals surface area contributed by atoms with Crippen LogP contribution in [-0.4, -0.2) is 25.0 Å². The van der Waals surface area contributed by atoms with Crippen LogP contribution in [0.5, 0.6) is 0 Å². The van der Waals surface area contributed by atoms with E-state index in [0.717, 1.165) is 11.1 Å². The number of nitrogens with zero attached hydrogens (tertiary/aromatic N) is 6. The van der Waals surface area contributed by atoms with Crippen molar-refractivity contribution >= 4 is 188 Å². The molecule has 24 rings (SSSR count). The minimum atomic E-state index is -1.10. The standard InChI is InChI=1S/C104H73BN6O2/c1-103(2,3)64-55-62(56-65(59-64)104(4,5)6)63-57-96-98-97(58-63)111(93-50-26-38-79-77-36-24-48-91(100(77)113-102(79)93)109-88-45-21-13-33-74(88)75-34-14-22-46-89(75)109)95-61-67(107-84-41-17-9-29-70(84)71-30-10-18-42-85(71)107)52-54-81(95)105(98)80-53-51-66(106-82-39-15-7-27-68(82)69-28-8-16-40-83(69)106)60-94(80)110(96)92-49-25-37-78-76-35-23-47-90(99(76)112-101(78)92)108-86-43-19-11-31-72(86)73-32-12-20-44-87(73)108/h7-61H,1-6H3/i7D,8D,9D,10D,11D,12D,13D,14D,15D,16D,17D,18D,19D,20D,21D,22D,27D,28D,29D,30D,31D,32D,33D,34D,39D,40D,41D,42D,43D,44D,45D,46D. The average Bonchev–Trinajstić information content (AvgIpc) is 1.49. The molecule has 0 atom stereocenters. The molecule has 2 aliphatic rings. The van der Waals surface area contributed by atoms with E-state index in [1.165, 1.54) is 18.3 Å². The first kappa shape index (κ1) is 40.1. The van der Waals surface area contributed by atoms with Crippen molar-refractivity contribution in [3.63, 3.8) is 0 Å². The number of hydrogen-bond acceptors (Lipinski definition) is 4. The number of para-hydroxylation sites is 12. The van der Waals surface area contributed by atoms with Crippen molar-refractivity contribution in [3.05, 3.63) is 344 Å². The summed E-state index contributed by atoms with van der Waals surface area (Å²) in [7, 11) is 0. The first-order valence-electron chi connectivity index (χ1n) is 52.8. The molecule has 2 aliphatic heterocycles. The Hall–Kier alpha value is -14.0. The van der Waals surface area contributed by atoms with Crippen molar-refractivity contribution in [1.29, 1.82) is 0 Å². The van der Waals surface area contributed by atoms with E-state index in [1.54, 1.807) is 109 Å². The molecule has 0 unspecified atom stereocenters. The molecule has 0 fully saturated rings. The molecule has 8 heterocycles. The van der Waals surface area contributed by atoms with Gasteiger partial charge < -0.3 is 36.9 Å². The van der Waals surface area contributed by atoms with Crippen molar-refractivity contribution in [1.82, 2.24) is 18.3 Å². The number of anilines is 6. The molecule has 113 heavy (non-hydrogen) atoms. The van der Waals surface area contributed by atoms with Crippen LogP contribution in [0, 0.1) is 0 Å². The predicted molar refractivity (Wildman–Crippen MR) is 475 cm³/mol. The summed E-state index contributed by atoms with van der Waals surface area (Å²) in [5.41, 5.74) is 3.84.